The Morgan fingerprint density at radius 2 is 1.71 bits per heavy atom. The maximum Gasteiger partial charge on any atom is 0.225 e. The normalized spacial score (nSPS) is 13.9. The molecule has 0 aromatic heterocycles. The summed E-state index contributed by atoms with van der Waals surface area (Å²) >= 11 is 0. The Kier molecular flexibility index (Phi) is 9.11. The number of carbonyl (C=O) groups is 1. The molecule has 1 unspecified atom stereocenters. The second kappa shape index (κ2) is 10.4. The van der Waals surface area contributed by atoms with Crippen LogP contribution in [-0.4, -0.2) is 62.8 Å². The van der Waals surface area contributed by atoms with Crippen LogP contribution in [-0.2, 0) is 14.9 Å². The third-order valence-electron chi connectivity index (χ3n) is 5.18. The van der Waals surface area contributed by atoms with Gasteiger partial charge in [-0.1, -0.05) is 51.1 Å². The van der Waals surface area contributed by atoms with Gasteiger partial charge in [-0.25, -0.2) is 8.42 Å². The molecule has 160 valence electrons. The second-order valence-corrected chi connectivity index (χ2v) is 10.5. The molecule has 0 aliphatic heterocycles. The van der Waals surface area contributed by atoms with Gasteiger partial charge in [0.15, 0.2) is 0 Å². The standard InChI is InChI=1S/C21H36N2O4S/c1-18(19-11-7-6-8-12-19)17-21(2,3)20(24)22-13-9-14-23(4,5)15-10-16-28(25,26)27/h6-8,11-12,18H,9-10,13-17H2,1-5H3,(H-,22,24,25,26,27). The van der Waals surface area contributed by atoms with Crippen molar-refractivity contribution in [1.82, 2.24) is 5.32 Å². The van der Waals surface area contributed by atoms with Crippen LogP contribution < -0.4 is 5.32 Å². The zero-order valence-corrected chi connectivity index (χ0v) is 18.7. The first kappa shape index (κ1) is 24.6. The highest BCUT2D eigenvalue weighted by atomic mass is 32.2. The van der Waals surface area contributed by atoms with Gasteiger partial charge in [-0.3, -0.25) is 4.79 Å². The molecule has 0 fully saturated rings. The lowest BCUT2D eigenvalue weighted by molar-refractivity contribution is -0.890. The number of hydrogen-bond acceptors (Lipinski definition) is 4. The number of carbonyl (C=O) groups excluding carboxylic acids is 1. The minimum absolute atomic E-state index is 0.0537. The Morgan fingerprint density at radius 1 is 1.14 bits per heavy atom. The van der Waals surface area contributed by atoms with Gasteiger partial charge in [0.25, 0.3) is 0 Å². The largest absolute Gasteiger partial charge is 0.748 e. The molecule has 1 atom stereocenters. The lowest BCUT2D eigenvalue weighted by atomic mass is 9.80. The maximum absolute atomic E-state index is 12.6. The van der Waals surface area contributed by atoms with Crippen LogP contribution in [0.1, 0.15) is 51.5 Å². The van der Waals surface area contributed by atoms with E-state index in [2.05, 4.69) is 24.4 Å². The van der Waals surface area contributed by atoms with Crippen molar-refractivity contribution in [3.8, 4) is 0 Å². The Labute approximate surface area is 170 Å². The molecule has 0 spiro atoms. The van der Waals surface area contributed by atoms with Crippen molar-refractivity contribution in [1.29, 1.82) is 0 Å². The van der Waals surface area contributed by atoms with E-state index in [0.29, 0.717) is 29.9 Å². The molecule has 0 saturated heterocycles. The Balaban J connectivity index is 2.38. The smallest absolute Gasteiger partial charge is 0.225 e. The molecule has 1 rings (SSSR count). The minimum atomic E-state index is -4.15. The van der Waals surface area contributed by atoms with Gasteiger partial charge in [0.05, 0.1) is 37.3 Å². The van der Waals surface area contributed by atoms with Gasteiger partial charge in [0.2, 0.25) is 5.91 Å². The fourth-order valence-electron chi connectivity index (χ4n) is 3.49. The van der Waals surface area contributed by atoms with Crippen LogP contribution in [0.25, 0.3) is 0 Å². The molecule has 0 radical (unpaired) electrons. The van der Waals surface area contributed by atoms with Crippen molar-refractivity contribution >= 4 is 16.0 Å². The Bertz CT molecular complexity index is 715. The summed E-state index contributed by atoms with van der Waals surface area (Å²) in [6, 6.07) is 10.2. The quantitative estimate of drug-likeness (QED) is 0.325. The molecule has 28 heavy (non-hydrogen) atoms. The van der Waals surface area contributed by atoms with Crippen LogP contribution in [0.3, 0.4) is 0 Å². The van der Waals surface area contributed by atoms with E-state index in [0.717, 1.165) is 19.4 Å². The fourth-order valence-corrected chi connectivity index (χ4v) is 3.97. The van der Waals surface area contributed by atoms with Gasteiger partial charge in [0.1, 0.15) is 0 Å². The highest BCUT2D eigenvalue weighted by Gasteiger charge is 2.29. The van der Waals surface area contributed by atoms with Crippen LogP contribution in [0.5, 0.6) is 0 Å². The summed E-state index contributed by atoms with van der Waals surface area (Å²) in [6.07, 6.45) is 1.93. The molecular weight excluding hydrogens is 376 g/mol. The van der Waals surface area contributed by atoms with Crippen molar-refractivity contribution in [3.05, 3.63) is 35.9 Å². The van der Waals surface area contributed by atoms with E-state index in [9.17, 15) is 17.8 Å². The van der Waals surface area contributed by atoms with Gasteiger partial charge in [-0.15, -0.1) is 0 Å². The van der Waals surface area contributed by atoms with Crippen LogP contribution in [0.15, 0.2) is 30.3 Å². The molecule has 0 aliphatic carbocycles. The molecule has 1 aromatic carbocycles. The van der Waals surface area contributed by atoms with E-state index >= 15 is 0 Å². The average molecular weight is 413 g/mol. The van der Waals surface area contributed by atoms with Gasteiger partial charge < -0.3 is 14.4 Å². The molecule has 7 heteroatoms. The first-order valence-corrected chi connectivity index (χ1v) is 11.5. The molecule has 1 amide bonds. The molecular formula is C21H36N2O4S. The van der Waals surface area contributed by atoms with E-state index in [4.69, 9.17) is 0 Å². The van der Waals surface area contributed by atoms with Crippen molar-refractivity contribution in [3.63, 3.8) is 0 Å². The summed E-state index contributed by atoms with van der Waals surface area (Å²) in [5, 5.41) is 3.04. The predicted octanol–water partition coefficient (Wildman–Crippen LogP) is 2.72. The summed E-state index contributed by atoms with van der Waals surface area (Å²) in [4.78, 5) is 12.6. The molecule has 6 nitrogen and oxygen atoms in total. The number of nitrogens with one attached hydrogen (secondary N) is 1. The van der Waals surface area contributed by atoms with Crippen molar-refractivity contribution in [2.24, 2.45) is 5.41 Å². The van der Waals surface area contributed by atoms with E-state index in [1.807, 2.05) is 46.1 Å². The molecule has 0 aliphatic rings. The zero-order chi connectivity index (χ0) is 21.4. The fraction of sp³-hybridized carbons (Fsp3) is 0.667. The number of rotatable bonds is 12. The monoisotopic (exact) mass is 412 g/mol. The number of amides is 1. The van der Waals surface area contributed by atoms with Crippen molar-refractivity contribution < 1.29 is 22.2 Å². The van der Waals surface area contributed by atoms with Gasteiger partial charge in [-0.2, -0.15) is 0 Å². The first-order chi connectivity index (χ1) is 12.8. The van der Waals surface area contributed by atoms with E-state index in [-0.39, 0.29) is 11.7 Å². The Hall–Kier alpha value is -1.44. The molecule has 0 bridgehead atoms. The Morgan fingerprint density at radius 3 is 2.29 bits per heavy atom. The third-order valence-corrected chi connectivity index (χ3v) is 5.97. The minimum Gasteiger partial charge on any atom is -0.748 e. The van der Waals surface area contributed by atoms with Crippen LogP contribution in [0.4, 0.5) is 0 Å². The van der Waals surface area contributed by atoms with Crippen molar-refractivity contribution in [2.75, 3.05) is 39.5 Å². The summed E-state index contributed by atoms with van der Waals surface area (Å²) in [7, 11) is -0.137. The average Bonchev–Trinajstić information content (AvgIpc) is 2.57. The molecule has 0 heterocycles. The summed E-state index contributed by atoms with van der Waals surface area (Å²) in [6.45, 7) is 8.11. The highest BCUT2D eigenvalue weighted by Crippen LogP contribution is 2.31. The van der Waals surface area contributed by atoms with Crippen LogP contribution >= 0.6 is 0 Å². The summed E-state index contributed by atoms with van der Waals surface area (Å²) in [5.74, 6) is 0.0343. The first-order valence-electron chi connectivity index (χ1n) is 9.91. The highest BCUT2D eigenvalue weighted by molar-refractivity contribution is 7.85. The van der Waals surface area contributed by atoms with Gasteiger partial charge in [0, 0.05) is 30.6 Å². The third kappa shape index (κ3) is 9.66. The number of nitrogens with zero attached hydrogens (tertiary/aromatic N) is 1. The molecule has 1 N–H and O–H groups in total. The lowest BCUT2D eigenvalue weighted by Crippen LogP contribution is -2.44. The number of hydrogen-bond donors (Lipinski definition) is 1. The van der Waals surface area contributed by atoms with E-state index in [1.165, 1.54) is 5.56 Å². The molecule has 0 saturated carbocycles. The van der Waals surface area contributed by atoms with Crippen LogP contribution in [0, 0.1) is 5.41 Å². The van der Waals surface area contributed by atoms with Crippen molar-refractivity contribution in [2.45, 2.75) is 46.0 Å². The second-order valence-electron chi connectivity index (χ2n) is 9.01. The number of benzene rings is 1. The van der Waals surface area contributed by atoms with Gasteiger partial charge >= 0.3 is 0 Å². The van der Waals surface area contributed by atoms with E-state index < -0.39 is 15.5 Å². The van der Waals surface area contributed by atoms with Crippen LogP contribution in [0.2, 0.25) is 0 Å². The molecule has 1 aromatic rings. The summed E-state index contributed by atoms with van der Waals surface area (Å²) < 4.78 is 32.7. The lowest BCUT2D eigenvalue weighted by Gasteiger charge is -2.31. The van der Waals surface area contributed by atoms with E-state index in [1.54, 1.807) is 0 Å². The topological polar surface area (TPSA) is 86.3 Å². The van der Waals surface area contributed by atoms with Gasteiger partial charge in [-0.05, 0) is 17.9 Å². The summed E-state index contributed by atoms with van der Waals surface area (Å²) in [5.41, 5.74) is 0.782. The zero-order valence-electron chi connectivity index (χ0n) is 17.9. The predicted molar refractivity (Wildman–Crippen MR) is 112 cm³/mol. The maximum atomic E-state index is 12.6. The number of quaternary nitrogens is 1. The SMILES string of the molecule is CC(CC(C)(C)C(=O)NCCC[N+](C)(C)CCCS(=O)(=O)[O-])c1ccccc1.